The molecule has 2 aliphatic heterocycles. The number of aryl methyl sites for hydroxylation is 1. The Kier molecular flexibility index (Phi) is 12.0. The molecular formula is C36H46N2O7. The van der Waals surface area contributed by atoms with Gasteiger partial charge in [0.15, 0.2) is 11.5 Å². The number of amides is 1. The van der Waals surface area contributed by atoms with E-state index in [0.717, 1.165) is 55.8 Å². The van der Waals surface area contributed by atoms with Gasteiger partial charge in [-0.15, -0.1) is 0 Å². The number of nitrogens with zero attached hydrogens (tertiary/aromatic N) is 1. The smallest absolute Gasteiger partial charge is 0.227 e. The second-order valence-corrected chi connectivity index (χ2v) is 11.4. The van der Waals surface area contributed by atoms with Gasteiger partial charge < -0.3 is 38.6 Å². The third kappa shape index (κ3) is 8.48. The highest BCUT2D eigenvalue weighted by Crippen LogP contribution is 2.37. The van der Waals surface area contributed by atoms with Crippen LogP contribution in [0.5, 0.6) is 23.0 Å². The van der Waals surface area contributed by atoms with E-state index in [-0.39, 0.29) is 17.9 Å². The Morgan fingerprint density at radius 1 is 0.867 bits per heavy atom. The zero-order valence-corrected chi connectivity index (χ0v) is 26.7. The largest absolute Gasteiger partial charge is 0.493 e. The van der Waals surface area contributed by atoms with Crippen LogP contribution in [-0.2, 0) is 27.3 Å². The van der Waals surface area contributed by atoms with E-state index in [0.29, 0.717) is 56.6 Å². The van der Waals surface area contributed by atoms with Gasteiger partial charge in [0, 0.05) is 51.3 Å². The molecule has 2 aliphatic rings. The second-order valence-electron chi connectivity index (χ2n) is 11.4. The Morgan fingerprint density at radius 2 is 1.64 bits per heavy atom. The molecule has 0 saturated carbocycles. The molecular weight excluding hydrogens is 572 g/mol. The Morgan fingerprint density at radius 3 is 2.40 bits per heavy atom. The maximum atomic E-state index is 12.7. The average Bonchev–Trinajstić information content (AvgIpc) is 3.08. The second kappa shape index (κ2) is 16.5. The minimum atomic E-state index is 0.0464. The maximum absolute atomic E-state index is 12.7. The van der Waals surface area contributed by atoms with Gasteiger partial charge in [0.1, 0.15) is 5.75 Å². The molecule has 2 heterocycles. The Labute approximate surface area is 266 Å². The molecule has 45 heavy (non-hydrogen) atoms. The summed E-state index contributed by atoms with van der Waals surface area (Å²) in [7, 11) is 4.93. The Hall–Kier alpha value is -3.79. The van der Waals surface area contributed by atoms with Crippen LogP contribution < -0.4 is 29.2 Å². The number of piperidine rings is 1. The molecule has 5 rings (SSSR count). The van der Waals surface area contributed by atoms with Gasteiger partial charge >= 0.3 is 0 Å². The number of rotatable bonds is 16. The summed E-state index contributed by atoms with van der Waals surface area (Å²) >= 11 is 0. The SMILES string of the molecule is COCCCN1C(=O)CCc2ccc(CO[C@H]3CNCC[C@@H]3c3ccc(OCCCOc4c(OC)cccc4OC)cc3)cc21. The van der Waals surface area contributed by atoms with E-state index in [1.165, 1.54) is 11.1 Å². The van der Waals surface area contributed by atoms with Gasteiger partial charge in [0.25, 0.3) is 0 Å². The number of para-hydroxylation sites is 1. The van der Waals surface area contributed by atoms with Crippen molar-refractivity contribution in [3.63, 3.8) is 0 Å². The molecule has 3 aromatic carbocycles. The highest BCUT2D eigenvalue weighted by Gasteiger charge is 2.28. The number of carbonyl (C=O) groups excluding carboxylic acids is 1. The van der Waals surface area contributed by atoms with Crippen molar-refractivity contribution in [2.24, 2.45) is 0 Å². The van der Waals surface area contributed by atoms with E-state index >= 15 is 0 Å². The molecule has 2 atom stereocenters. The Bertz CT molecular complexity index is 1360. The molecule has 0 spiro atoms. The van der Waals surface area contributed by atoms with Gasteiger partial charge in [0.2, 0.25) is 11.7 Å². The molecule has 0 radical (unpaired) electrons. The molecule has 0 aromatic heterocycles. The fraction of sp³-hybridized carbons (Fsp3) is 0.472. The van der Waals surface area contributed by atoms with Gasteiger partial charge in [-0.25, -0.2) is 0 Å². The number of anilines is 1. The molecule has 1 fully saturated rings. The molecule has 1 saturated heterocycles. The third-order valence-electron chi connectivity index (χ3n) is 8.47. The van der Waals surface area contributed by atoms with Crippen molar-refractivity contribution in [1.29, 1.82) is 0 Å². The van der Waals surface area contributed by atoms with E-state index < -0.39 is 0 Å². The number of benzene rings is 3. The number of ether oxygens (including phenoxy) is 6. The fourth-order valence-corrected chi connectivity index (χ4v) is 6.07. The van der Waals surface area contributed by atoms with Gasteiger partial charge in [-0.05, 0) is 72.8 Å². The van der Waals surface area contributed by atoms with Gasteiger partial charge in [-0.2, -0.15) is 0 Å². The lowest BCUT2D eigenvalue weighted by atomic mass is 9.87. The summed E-state index contributed by atoms with van der Waals surface area (Å²) < 4.78 is 34.5. The summed E-state index contributed by atoms with van der Waals surface area (Å²) in [6.07, 6.45) is 3.93. The number of nitrogens with one attached hydrogen (secondary N) is 1. The first-order valence-corrected chi connectivity index (χ1v) is 15.9. The summed E-state index contributed by atoms with van der Waals surface area (Å²) in [6, 6.07) is 20.4. The van der Waals surface area contributed by atoms with E-state index in [4.69, 9.17) is 28.4 Å². The number of hydrogen-bond acceptors (Lipinski definition) is 8. The quantitative estimate of drug-likeness (QED) is 0.210. The summed E-state index contributed by atoms with van der Waals surface area (Å²) in [6.45, 7) is 4.58. The molecule has 1 N–H and O–H groups in total. The standard InChI is InChI=1S/C36H46N2O7/c1-40-20-5-19-38-31-23-26(9-10-28(31)13-16-35(38)39)25-45-34-24-37-18-17-30(34)27-11-14-29(15-12-27)43-21-6-22-44-36-32(41-2)7-4-8-33(36)42-3/h4,7-12,14-15,23,30,34,37H,5-6,13,16-22,24-25H2,1-3H3/t30-,34+/m1/s1. The minimum absolute atomic E-state index is 0.0464. The average molecular weight is 619 g/mol. The topological polar surface area (TPSA) is 87.7 Å². The van der Waals surface area contributed by atoms with Crippen LogP contribution in [-0.4, -0.2) is 72.8 Å². The van der Waals surface area contributed by atoms with Gasteiger partial charge in [-0.1, -0.05) is 30.3 Å². The molecule has 3 aromatic rings. The summed E-state index contributed by atoms with van der Waals surface area (Å²) in [5, 5.41) is 3.50. The predicted octanol–water partition coefficient (Wildman–Crippen LogP) is 5.53. The van der Waals surface area contributed by atoms with Crippen molar-refractivity contribution in [3.8, 4) is 23.0 Å². The monoisotopic (exact) mass is 618 g/mol. The van der Waals surface area contributed by atoms with Crippen LogP contribution in [0.1, 0.15) is 48.3 Å². The van der Waals surface area contributed by atoms with E-state index in [2.05, 4.69) is 35.6 Å². The zero-order valence-electron chi connectivity index (χ0n) is 26.7. The van der Waals surface area contributed by atoms with Crippen LogP contribution in [0.25, 0.3) is 0 Å². The molecule has 1 amide bonds. The van der Waals surface area contributed by atoms with Crippen molar-refractivity contribution < 1.29 is 33.2 Å². The molecule has 9 heteroatoms. The Balaban J connectivity index is 1.13. The van der Waals surface area contributed by atoms with Crippen molar-refractivity contribution in [2.75, 3.05) is 65.7 Å². The highest BCUT2D eigenvalue weighted by molar-refractivity contribution is 5.96. The maximum Gasteiger partial charge on any atom is 0.227 e. The van der Waals surface area contributed by atoms with Crippen LogP contribution in [0, 0.1) is 0 Å². The minimum Gasteiger partial charge on any atom is -0.493 e. The molecule has 9 nitrogen and oxygen atoms in total. The van der Waals surface area contributed by atoms with E-state index in [9.17, 15) is 4.79 Å². The van der Waals surface area contributed by atoms with Gasteiger partial charge in [-0.3, -0.25) is 4.79 Å². The summed E-state index contributed by atoms with van der Waals surface area (Å²) in [5.74, 6) is 3.19. The zero-order chi connectivity index (χ0) is 31.4. The lowest BCUT2D eigenvalue weighted by molar-refractivity contribution is -0.118. The van der Waals surface area contributed by atoms with Crippen LogP contribution in [0.3, 0.4) is 0 Å². The van der Waals surface area contributed by atoms with Crippen LogP contribution in [0.15, 0.2) is 60.7 Å². The van der Waals surface area contributed by atoms with E-state index in [1.54, 1.807) is 21.3 Å². The molecule has 242 valence electrons. The van der Waals surface area contributed by atoms with Crippen LogP contribution in [0.2, 0.25) is 0 Å². The van der Waals surface area contributed by atoms with Crippen LogP contribution >= 0.6 is 0 Å². The summed E-state index contributed by atoms with van der Waals surface area (Å²) in [4.78, 5) is 14.6. The third-order valence-corrected chi connectivity index (χ3v) is 8.47. The first-order chi connectivity index (χ1) is 22.1. The molecule has 0 bridgehead atoms. The lowest BCUT2D eigenvalue weighted by Crippen LogP contribution is -2.41. The van der Waals surface area contributed by atoms with Crippen molar-refractivity contribution in [1.82, 2.24) is 5.32 Å². The summed E-state index contributed by atoms with van der Waals surface area (Å²) in [5.41, 5.74) is 4.57. The van der Waals surface area contributed by atoms with E-state index in [1.807, 2.05) is 35.2 Å². The first-order valence-electron chi connectivity index (χ1n) is 15.9. The highest BCUT2D eigenvalue weighted by atomic mass is 16.5. The molecule has 0 unspecified atom stereocenters. The van der Waals surface area contributed by atoms with Gasteiger partial charge in [0.05, 0.1) is 40.1 Å². The molecule has 0 aliphatic carbocycles. The van der Waals surface area contributed by atoms with Crippen LogP contribution in [0.4, 0.5) is 5.69 Å². The first kappa shape index (κ1) is 32.6. The number of hydrogen-bond donors (Lipinski definition) is 1. The van der Waals surface area contributed by atoms with Crippen molar-refractivity contribution in [3.05, 3.63) is 77.4 Å². The number of methoxy groups -OCH3 is 3. The number of carbonyl (C=O) groups is 1. The predicted molar refractivity (Wildman–Crippen MR) is 174 cm³/mol. The lowest BCUT2D eigenvalue weighted by Gasteiger charge is -2.33. The fourth-order valence-electron chi connectivity index (χ4n) is 6.07. The van der Waals surface area contributed by atoms with Crippen molar-refractivity contribution in [2.45, 2.75) is 50.7 Å². The number of fused-ring (bicyclic) bond motifs is 1. The van der Waals surface area contributed by atoms with Crippen molar-refractivity contribution >= 4 is 11.6 Å². The normalized spacial score (nSPS) is 17.9.